The fourth-order valence-corrected chi connectivity index (χ4v) is 3.69. The Labute approximate surface area is 158 Å². The van der Waals surface area contributed by atoms with Crippen molar-refractivity contribution < 1.29 is 23.8 Å². The number of esters is 1. The van der Waals surface area contributed by atoms with Gasteiger partial charge in [0, 0.05) is 24.8 Å². The van der Waals surface area contributed by atoms with Crippen molar-refractivity contribution in [3.8, 4) is 5.75 Å². The number of thiocarbonyl (C=S) groups is 1. The number of hydrogen-bond acceptors (Lipinski definition) is 7. The van der Waals surface area contributed by atoms with Crippen LogP contribution < -0.4 is 4.74 Å². The van der Waals surface area contributed by atoms with E-state index in [9.17, 15) is 9.59 Å². The molecule has 0 N–H and O–H groups in total. The van der Waals surface area contributed by atoms with E-state index in [1.165, 1.54) is 6.92 Å². The molecule has 0 fully saturated rings. The van der Waals surface area contributed by atoms with Crippen molar-refractivity contribution in [1.29, 1.82) is 0 Å². The lowest BCUT2D eigenvalue weighted by Crippen LogP contribution is -2.22. The van der Waals surface area contributed by atoms with Gasteiger partial charge in [0.05, 0.1) is 13.7 Å². The highest BCUT2D eigenvalue weighted by molar-refractivity contribution is 8.22. The Hall–Kier alpha value is -1.60. The van der Waals surface area contributed by atoms with Crippen molar-refractivity contribution in [2.45, 2.75) is 39.6 Å². The van der Waals surface area contributed by atoms with Gasteiger partial charge in [0.25, 0.3) is 0 Å². The first kappa shape index (κ1) is 21.4. The third-order valence-electron chi connectivity index (χ3n) is 3.46. The van der Waals surface area contributed by atoms with E-state index >= 15 is 0 Å². The zero-order valence-electron chi connectivity index (χ0n) is 15.2. The van der Waals surface area contributed by atoms with E-state index in [1.54, 1.807) is 25.3 Å². The quantitative estimate of drug-likeness (QED) is 0.289. The van der Waals surface area contributed by atoms with Gasteiger partial charge in [-0.2, -0.15) is 0 Å². The normalized spacial score (nSPS) is 12.8. The summed E-state index contributed by atoms with van der Waals surface area (Å²) in [7, 11) is 1.59. The van der Waals surface area contributed by atoms with Gasteiger partial charge in [-0.1, -0.05) is 6.92 Å². The molecule has 0 radical (unpaired) electrons. The fraction of sp³-hybridized carbons (Fsp3) is 0.500. The van der Waals surface area contributed by atoms with Crippen LogP contribution in [0.15, 0.2) is 18.2 Å². The van der Waals surface area contributed by atoms with E-state index in [4.69, 9.17) is 26.4 Å². The van der Waals surface area contributed by atoms with Crippen molar-refractivity contribution in [2.75, 3.05) is 13.7 Å². The van der Waals surface area contributed by atoms with Crippen LogP contribution in [0.5, 0.6) is 5.75 Å². The molecule has 7 heteroatoms. The zero-order chi connectivity index (χ0) is 19.0. The predicted molar refractivity (Wildman–Crippen MR) is 103 cm³/mol. The largest absolute Gasteiger partial charge is 0.496 e. The van der Waals surface area contributed by atoms with Gasteiger partial charge in [0.2, 0.25) is 4.38 Å². The van der Waals surface area contributed by atoms with Gasteiger partial charge >= 0.3 is 5.97 Å². The average Bonchev–Trinajstić information content (AvgIpc) is 2.53. The number of hydrogen-bond donors (Lipinski definition) is 0. The molecule has 0 aliphatic heterocycles. The average molecular weight is 385 g/mol. The maximum Gasteiger partial charge on any atom is 0.303 e. The summed E-state index contributed by atoms with van der Waals surface area (Å²) in [5, 5.41) is 0. The number of thioether (sulfide) groups is 1. The molecule has 0 saturated carbocycles. The molecular weight excluding hydrogens is 360 g/mol. The molecule has 2 unspecified atom stereocenters. The lowest BCUT2D eigenvalue weighted by molar-refractivity contribution is -0.142. The first-order chi connectivity index (χ1) is 11.8. The number of methoxy groups -OCH3 is 1. The predicted octanol–water partition coefficient (Wildman–Crippen LogP) is 4.16. The molecule has 5 nitrogen and oxygen atoms in total. The third-order valence-corrected chi connectivity index (χ3v) is 4.73. The number of carbonyl (C=O) groups excluding carboxylic acids is 2. The molecule has 2 atom stereocenters. The van der Waals surface area contributed by atoms with Gasteiger partial charge in [-0.3, -0.25) is 9.59 Å². The van der Waals surface area contributed by atoms with Crippen LogP contribution in [-0.4, -0.2) is 35.3 Å². The highest BCUT2D eigenvalue weighted by Gasteiger charge is 2.24. The van der Waals surface area contributed by atoms with Crippen LogP contribution in [0.25, 0.3) is 0 Å². The molecule has 0 aliphatic carbocycles. The third kappa shape index (κ3) is 7.04. The number of Topliss-reactive ketones (excluding diaryl/α,β-unsaturated/α-hetero) is 1. The molecule has 138 valence electrons. The van der Waals surface area contributed by atoms with Crippen LogP contribution in [-0.2, 0) is 14.3 Å². The van der Waals surface area contributed by atoms with E-state index in [2.05, 4.69) is 0 Å². The van der Waals surface area contributed by atoms with E-state index < -0.39 is 11.4 Å². The lowest BCUT2D eigenvalue weighted by Gasteiger charge is -2.20. The number of ketones is 1. The molecule has 25 heavy (non-hydrogen) atoms. The van der Waals surface area contributed by atoms with Crippen molar-refractivity contribution in [3.05, 3.63) is 29.3 Å². The number of rotatable bonds is 8. The molecule has 0 aromatic heterocycles. The molecular formula is C18H24O5S2. The fourth-order valence-electron chi connectivity index (χ4n) is 2.28. The second kappa shape index (κ2) is 10.4. The van der Waals surface area contributed by atoms with Gasteiger partial charge < -0.3 is 14.2 Å². The van der Waals surface area contributed by atoms with Crippen LogP contribution in [0, 0.1) is 12.8 Å². The summed E-state index contributed by atoms with van der Waals surface area (Å²) in [5.41, 5.74) is 0.934. The van der Waals surface area contributed by atoms with Gasteiger partial charge in [0.15, 0.2) is 11.2 Å². The SMILES string of the molecule is CCOC(=S)SC(CC(C)C(=O)c1ccc(OC)c(C)c1)OC(C)=O. The standard InChI is InChI=1S/C18H24O5S2/c1-6-22-18(24)25-16(23-13(4)19)10-12(3)17(20)14-7-8-15(21-5)11(2)9-14/h7-9,12,16H,6,10H2,1-5H3. The van der Waals surface area contributed by atoms with Crippen LogP contribution in [0.3, 0.4) is 0 Å². The Bertz CT molecular complexity index is 630. The van der Waals surface area contributed by atoms with Crippen molar-refractivity contribution >= 4 is 40.1 Å². The molecule has 1 rings (SSSR count). The Morgan fingerprint density at radius 1 is 1.32 bits per heavy atom. The number of benzene rings is 1. The van der Waals surface area contributed by atoms with E-state index in [0.29, 0.717) is 23.0 Å². The van der Waals surface area contributed by atoms with Crippen LogP contribution in [0.1, 0.15) is 43.1 Å². The summed E-state index contributed by atoms with van der Waals surface area (Å²) in [6.45, 7) is 7.29. The van der Waals surface area contributed by atoms with Gasteiger partial charge in [-0.25, -0.2) is 0 Å². The molecule has 1 aromatic carbocycles. The Kier molecular flexibility index (Phi) is 8.92. The smallest absolute Gasteiger partial charge is 0.303 e. The lowest BCUT2D eigenvalue weighted by atomic mass is 9.95. The first-order valence-electron chi connectivity index (χ1n) is 7.97. The second-order valence-electron chi connectivity index (χ2n) is 5.53. The number of aryl methyl sites for hydroxylation is 1. The van der Waals surface area contributed by atoms with Gasteiger partial charge in [-0.05, 0) is 61.6 Å². The minimum atomic E-state index is -0.560. The molecule has 0 bridgehead atoms. The summed E-state index contributed by atoms with van der Waals surface area (Å²) in [6.07, 6.45) is 0.349. The minimum Gasteiger partial charge on any atom is -0.496 e. The van der Waals surface area contributed by atoms with Crippen molar-refractivity contribution in [3.63, 3.8) is 0 Å². The number of carbonyl (C=O) groups is 2. The van der Waals surface area contributed by atoms with Gasteiger partial charge in [-0.15, -0.1) is 0 Å². The molecule has 0 aliphatic rings. The summed E-state index contributed by atoms with van der Waals surface area (Å²) >= 11 is 6.23. The molecule has 0 amide bonds. The summed E-state index contributed by atoms with van der Waals surface area (Å²) < 4.78 is 16.0. The Morgan fingerprint density at radius 2 is 2.00 bits per heavy atom. The number of ether oxygens (including phenoxy) is 3. The van der Waals surface area contributed by atoms with Crippen LogP contribution in [0.2, 0.25) is 0 Å². The summed E-state index contributed by atoms with van der Waals surface area (Å²) in [6, 6.07) is 5.32. The molecule has 1 aromatic rings. The maximum absolute atomic E-state index is 12.7. The summed E-state index contributed by atoms with van der Waals surface area (Å²) in [4.78, 5) is 24.0. The Balaban J connectivity index is 2.81. The highest BCUT2D eigenvalue weighted by Crippen LogP contribution is 2.26. The van der Waals surface area contributed by atoms with E-state index in [-0.39, 0.29) is 11.7 Å². The van der Waals surface area contributed by atoms with Gasteiger partial charge in [0.1, 0.15) is 5.75 Å². The highest BCUT2D eigenvalue weighted by atomic mass is 32.2. The van der Waals surface area contributed by atoms with Crippen LogP contribution >= 0.6 is 24.0 Å². The second-order valence-corrected chi connectivity index (χ2v) is 7.29. The van der Waals surface area contributed by atoms with Crippen molar-refractivity contribution in [2.24, 2.45) is 5.92 Å². The van der Waals surface area contributed by atoms with Crippen molar-refractivity contribution in [1.82, 2.24) is 0 Å². The maximum atomic E-state index is 12.7. The first-order valence-corrected chi connectivity index (χ1v) is 9.26. The molecule has 0 heterocycles. The molecule has 0 spiro atoms. The van der Waals surface area contributed by atoms with E-state index in [1.807, 2.05) is 20.8 Å². The monoisotopic (exact) mass is 384 g/mol. The topological polar surface area (TPSA) is 61.8 Å². The zero-order valence-corrected chi connectivity index (χ0v) is 16.8. The molecule has 0 saturated heterocycles. The Morgan fingerprint density at radius 3 is 2.52 bits per heavy atom. The van der Waals surface area contributed by atoms with E-state index in [0.717, 1.165) is 23.1 Å². The summed E-state index contributed by atoms with van der Waals surface area (Å²) in [5.74, 6) is -0.0451. The van der Waals surface area contributed by atoms with Crippen LogP contribution in [0.4, 0.5) is 0 Å². The minimum absolute atomic E-state index is 0.0224.